The summed E-state index contributed by atoms with van der Waals surface area (Å²) < 4.78 is 19.2. The molecule has 0 aromatic heterocycles. The Morgan fingerprint density at radius 2 is 2.18 bits per heavy atom. The highest BCUT2D eigenvalue weighted by atomic mass is 32.1. The van der Waals surface area contributed by atoms with Gasteiger partial charge in [-0.05, 0) is 42.4 Å². The standard InChI is InChI=1S/C20H19FN4O2S.H2/c1-6-14-11-16(20(26)23-25(4)22-19(28)7-2)17(12-24(14)3)15-10-13(21)8-9-18(15)27-5;/h2,8-12H,1H2,3-5H3,(H,22,28)(H,23,26);1H. The molecule has 0 unspecified atom stereocenters. The molecule has 0 spiro atoms. The molecule has 6 nitrogen and oxygen atoms in total. The van der Waals surface area contributed by atoms with E-state index in [4.69, 9.17) is 23.4 Å². The zero-order valence-corrected chi connectivity index (χ0v) is 16.5. The van der Waals surface area contributed by atoms with Gasteiger partial charge in [-0.2, -0.15) is 0 Å². The van der Waals surface area contributed by atoms with Gasteiger partial charge in [-0.1, -0.05) is 6.58 Å². The lowest BCUT2D eigenvalue weighted by atomic mass is 9.94. The first kappa shape index (κ1) is 20.9. The summed E-state index contributed by atoms with van der Waals surface area (Å²) in [5, 5.41) is 1.24. The van der Waals surface area contributed by atoms with Gasteiger partial charge in [0.15, 0.2) is 4.99 Å². The van der Waals surface area contributed by atoms with E-state index in [1.165, 1.54) is 37.5 Å². The van der Waals surface area contributed by atoms with Crippen LogP contribution in [0.4, 0.5) is 4.39 Å². The van der Waals surface area contributed by atoms with Crippen molar-refractivity contribution < 1.29 is 15.3 Å². The van der Waals surface area contributed by atoms with E-state index in [1.54, 1.807) is 24.2 Å². The number of hydrogen-bond donors (Lipinski definition) is 2. The van der Waals surface area contributed by atoms with Gasteiger partial charge in [-0.15, -0.1) is 17.3 Å². The molecule has 0 aliphatic carbocycles. The molecule has 0 bridgehead atoms. The molecule has 2 rings (SSSR count). The Bertz CT molecular complexity index is 977. The second-order valence-electron chi connectivity index (χ2n) is 5.70. The van der Waals surface area contributed by atoms with Crippen LogP contribution in [-0.4, -0.2) is 42.1 Å². The monoisotopic (exact) mass is 400 g/mol. The van der Waals surface area contributed by atoms with Crippen LogP contribution in [0.3, 0.4) is 0 Å². The molecule has 146 valence electrons. The Morgan fingerprint density at radius 3 is 2.79 bits per heavy atom. The average molecular weight is 400 g/mol. The molecule has 0 saturated heterocycles. The number of likely N-dealkylation sites (N-methyl/N-ethyl adjacent to an activating group) is 1. The van der Waals surface area contributed by atoms with Crippen molar-refractivity contribution in [2.75, 3.05) is 21.2 Å². The predicted molar refractivity (Wildman–Crippen MR) is 112 cm³/mol. The molecule has 1 aromatic carbocycles. The highest BCUT2D eigenvalue weighted by Crippen LogP contribution is 2.35. The third-order valence-electron chi connectivity index (χ3n) is 3.82. The molecule has 0 saturated carbocycles. The maximum Gasteiger partial charge on any atom is 0.267 e. The van der Waals surface area contributed by atoms with Crippen molar-refractivity contribution in [2.24, 2.45) is 0 Å². The summed E-state index contributed by atoms with van der Waals surface area (Å²) >= 11 is 4.89. The van der Waals surface area contributed by atoms with Gasteiger partial charge in [0.25, 0.3) is 5.91 Å². The summed E-state index contributed by atoms with van der Waals surface area (Å²) in [5.74, 6) is 1.73. The summed E-state index contributed by atoms with van der Waals surface area (Å²) in [4.78, 5) is 14.7. The number of nitrogens with one attached hydrogen (secondary N) is 2. The van der Waals surface area contributed by atoms with E-state index in [1.807, 2.05) is 0 Å². The Labute approximate surface area is 170 Å². The SMILES string of the molecule is C#CC(=S)NN(C)NC(=O)C1=CC(=C=C)N(C)C=C1c1cc(F)ccc1OC.[HH]. The van der Waals surface area contributed by atoms with Crippen LogP contribution >= 0.6 is 12.2 Å². The van der Waals surface area contributed by atoms with Crippen LogP contribution in [0.1, 0.15) is 6.99 Å². The highest BCUT2D eigenvalue weighted by Gasteiger charge is 2.25. The van der Waals surface area contributed by atoms with Gasteiger partial charge in [0, 0.05) is 32.9 Å². The van der Waals surface area contributed by atoms with Crippen molar-refractivity contribution in [1.29, 1.82) is 0 Å². The highest BCUT2D eigenvalue weighted by molar-refractivity contribution is 7.80. The van der Waals surface area contributed by atoms with Crippen LogP contribution in [0.25, 0.3) is 5.57 Å². The zero-order valence-electron chi connectivity index (χ0n) is 15.7. The fourth-order valence-corrected chi connectivity index (χ4v) is 2.68. The summed E-state index contributed by atoms with van der Waals surface area (Å²) in [5.41, 5.74) is 9.71. The number of allylic oxidation sites excluding steroid dienone is 1. The Balaban J connectivity index is 0.00000420. The van der Waals surface area contributed by atoms with Crippen molar-refractivity contribution in [3.8, 4) is 18.1 Å². The molecule has 28 heavy (non-hydrogen) atoms. The summed E-state index contributed by atoms with van der Waals surface area (Å²) in [6.07, 6.45) is 8.47. The van der Waals surface area contributed by atoms with Crippen LogP contribution in [0, 0.1) is 18.2 Å². The molecule has 1 heterocycles. The minimum Gasteiger partial charge on any atom is -0.496 e. The number of nitrogens with zero attached hydrogens (tertiary/aromatic N) is 2. The van der Waals surface area contributed by atoms with Crippen molar-refractivity contribution in [2.45, 2.75) is 0 Å². The van der Waals surface area contributed by atoms with E-state index >= 15 is 0 Å². The fourth-order valence-electron chi connectivity index (χ4n) is 2.54. The first-order valence-corrected chi connectivity index (χ1v) is 8.44. The van der Waals surface area contributed by atoms with Crippen LogP contribution in [-0.2, 0) is 4.79 Å². The van der Waals surface area contributed by atoms with Crippen LogP contribution in [0.2, 0.25) is 0 Å². The molecule has 1 aliphatic heterocycles. The Morgan fingerprint density at radius 1 is 1.46 bits per heavy atom. The lowest BCUT2D eigenvalue weighted by molar-refractivity contribution is -0.121. The lowest BCUT2D eigenvalue weighted by Crippen LogP contribution is -2.50. The van der Waals surface area contributed by atoms with E-state index in [-0.39, 0.29) is 12.0 Å². The van der Waals surface area contributed by atoms with Gasteiger partial charge in [-0.25, -0.2) is 4.39 Å². The summed E-state index contributed by atoms with van der Waals surface area (Å²) in [6.45, 7) is 3.63. The summed E-state index contributed by atoms with van der Waals surface area (Å²) in [6, 6.07) is 4.09. The molecule has 0 fully saturated rings. The van der Waals surface area contributed by atoms with Gasteiger partial charge in [0.05, 0.1) is 18.4 Å². The van der Waals surface area contributed by atoms with E-state index in [0.717, 1.165) is 0 Å². The first-order chi connectivity index (χ1) is 13.3. The number of amides is 1. The first-order valence-electron chi connectivity index (χ1n) is 8.03. The smallest absolute Gasteiger partial charge is 0.267 e. The zero-order chi connectivity index (χ0) is 20.8. The number of terminal acetylenes is 1. The number of hydrazine groups is 2. The summed E-state index contributed by atoms with van der Waals surface area (Å²) in [7, 11) is 4.78. The van der Waals surface area contributed by atoms with Gasteiger partial charge in [0.2, 0.25) is 0 Å². The van der Waals surface area contributed by atoms with E-state index in [2.05, 4.69) is 29.1 Å². The Hall–Kier alpha value is -3.37. The third kappa shape index (κ3) is 4.67. The number of hydrogen-bond acceptors (Lipinski definition) is 5. The number of methoxy groups -OCH3 is 1. The number of benzene rings is 1. The van der Waals surface area contributed by atoms with Gasteiger partial charge >= 0.3 is 0 Å². The maximum absolute atomic E-state index is 13.9. The molecule has 0 radical (unpaired) electrons. The number of carbonyl (C=O) groups is 1. The van der Waals surface area contributed by atoms with Gasteiger partial charge in [-0.3, -0.25) is 15.6 Å². The van der Waals surface area contributed by atoms with E-state index in [9.17, 15) is 9.18 Å². The van der Waals surface area contributed by atoms with Crippen molar-refractivity contribution >= 4 is 28.7 Å². The molecule has 1 aliphatic rings. The third-order valence-corrected chi connectivity index (χ3v) is 4.03. The largest absolute Gasteiger partial charge is 0.496 e. The number of halogens is 1. The fraction of sp³-hybridized carbons (Fsp3) is 0.150. The topological polar surface area (TPSA) is 56.8 Å². The van der Waals surface area contributed by atoms with Crippen molar-refractivity contribution in [1.82, 2.24) is 20.9 Å². The van der Waals surface area contributed by atoms with Crippen LogP contribution in [0.5, 0.6) is 5.75 Å². The predicted octanol–water partition coefficient (Wildman–Crippen LogP) is 2.39. The van der Waals surface area contributed by atoms with Gasteiger partial charge in [0.1, 0.15) is 11.6 Å². The minimum absolute atomic E-state index is 0. The average Bonchev–Trinajstić information content (AvgIpc) is 2.67. The van der Waals surface area contributed by atoms with Crippen LogP contribution in [0.15, 0.2) is 54.1 Å². The van der Waals surface area contributed by atoms with E-state index in [0.29, 0.717) is 22.6 Å². The molecule has 1 amide bonds. The molecule has 0 atom stereocenters. The van der Waals surface area contributed by atoms with Gasteiger partial charge < -0.3 is 9.64 Å². The number of rotatable bonds is 5. The molecular formula is C20H21FN4O2S. The minimum atomic E-state index is -0.478. The van der Waals surface area contributed by atoms with E-state index < -0.39 is 11.7 Å². The normalized spacial score (nSPS) is 13.1. The Kier molecular flexibility index (Phi) is 6.74. The molecule has 2 N–H and O–H groups in total. The second-order valence-corrected chi connectivity index (χ2v) is 6.11. The number of carbonyl (C=O) groups excluding carboxylic acids is 1. The van der Waals surface area contributed by atoms with Crippen LogP contribution < -0.4 is 15.6 Å². The molecular weight excluding hydrogens is 379 g/mol. The lowest BCUT2D eigenvalue weighted by Gasteiger charge is -2.26. The van der Waals surface area contributed by atoms with Crippen molar-refractivity contribution in [3.63, 3.8) is 0 Å². The maximum atomic E-state index is 13.9. The molecule has 8 heteroatoms. The molecule has 1 aromatic rings. The number of thiocarbonyl (C=S) groups is 1. The van der Waals surface area contributed by atoms with Crippen molar-refractivity contribution in [3.05, 3.63) is 65.4 Å². The number of ether oxygens (including phenoxy) is 1. The quantitative estimate of drug-likeness (QED) is 0.343. The second kappa shape index (κ2) is 9.02.